The number of carbonyl (C=O) groups excluding carboxylic acids is 1. The zero-order valence-corrected chi connectivity index (χ0v) is 14.4. The lowest BCUT2D eigenvalue weighted by Crippen LogP contribution is -2.53. The van der Waals surface area contributed by atoms with E-state index in [1.54, 1.807) is 6.07 Å². The van der Waals surface area contributed by atoms with E-state index in [2.05, 4.69) is 15.6 Å². The molecule has 128 valence electrons. The predicted molar refractivity (Wildman–Crippen MR) is 94.3 cm³/mol. The van der Waals surface area contributed by atoms with Crippen molar-refractivity contribution in [1.29, 1.82) is 0 Å². The van der Waals surface area contributed by atoms with Gasteiger partial charge in [-0.2, -0.15) is 0 Å². The van der Waals surface area contributed by atoms with Crippen LogP contribution in [-0.2, 0) is 11.3 Å². The van der Waals surface area contributed by atoms with Crippen LogP contribution in [0, 0.1) is 6.92 Å². The van der Waals surface area contributed by atoms with E-state index in [1.165, 1.54) is 0 Å². The molecule has 0 spiro atoms. The number of aromatic amines is 1. The summed E-state index contributed by atoms with van der Waals surface area (Å²) in [5, 5.41) is 6.96. The van der Waals surface area contributed by atoms with Crippen LogP contribution in [0.15, 0.2) is 36.4 Å². The lowest BCUT2D eigenvalue weighted by molar-refractivity contribution is 0.00357. The van der Waals surface area contributed by atoms with Crippen molar-refractivity contribution in [2.45, 2.75) is 32.1 Å². The van der Waals surface area contributed by atoms with E-state index >= 15 is 0 Å². The maximum absolute atomic E-state index is 12.4. The molecule has 1 fully saturated rings. The molecule has 1 aliphatic heterocycles. The molecule has 1 aliphatic rings. The number of amides is 1. The number of carbonyl (C=O) groups is 1. The largest absolute Gasteiger partial charge is 0.370 e. The van der Waals surface area contributed by atoms with E-state index in [4.69, 9.17) is 16.3 Å². The zero-order valence-electron chi connectivity index (χ0n) is 13.6. The Morgan fingerprint density at radius 2 is 2.17 bits per heavy atom. The van der Waals surface area contributed by atoms with Gasteiger partial charge >= 0.3 is 0 Å². The number of hydrogen-bond acceptors (Lipinski definition) is 3. The van der Waals surface area contributed by atoms with Crippen LogP contribution in [0.3, 0.4) is 0 Å². The first-order valence-electron chi connectivity index (χ1n) is 8.15. The summed E-state index contributed by atoms with van der Waals surface area (Å²) in [6.07, 6.45) is 0.771. The quantitative estimate of drug-likeness (QED) is 0.779. The summed E-state index contributed by atoms with van der Waals surface area (Å²) in [6, 6.07) is 11.7. The molecule has 3 rings (SSSR count). The van der Waals surface area contributed by atoms with Gasteiger partial charge in [0, 0.05) is 12.2 Å². The standard InChI is InChI=1S/C18H22ClN3O2/c1-12-14(19)9-16(21-12)18(23)22-15-7-8-20-10-17(15)24-11-13-5-3-2-4-6-13/h2-6,9,15,17,20-21H,7-8,10-11H2,1H3,(H,22,23)/t15-,17-/m1/s1. The number of nitrogens with one attached hydrogen (secondary N) is 3. The van der Waals surface area contributed by atoms with Crippen LogP contribution < -0.4 is 10.6 Å². The fourth-order valence-electron chi connectivity index (χ4n) is 2.85. The average Bonchev–Trinajstić information content (AvgIpc) is 2.94. The van der Waals surface area contributed by atoms with Crippen LogP contribution in [0.5, 0.6) is 0 Å². The van der Waals surface area contributed by atoms with Gasteiger partial charge in [-0.05, 0) is 31.5 Å². The van der Waals surface area contributed by atoms with Gasteiger partial charge in [0.05, 0.1) is 23.8 Å². The number of halogens is 1. The number of hydrogen-bond donors (Lipinski definition) is 3. The van der Waals surface area contributed by atoms with Crippen molar-refractivity contribution in [3.05, 3.63) is 58.4 Å². The van der Waals surface area contributed by atoms with Gasteiger partial charge in [0.25, 0.3) is 5.91 Å². The Morgan fingerprint density at radius 1 is 1.38 bits per heavy atom. The first kappa shape index (κ1) is 17.0. The summed E-state index contributed by atoms with van der Waals surface area (Å²) in [4.78, 5) is 15.4. The smallest absolute Gasteiger partial charge is 0.268 e. The fourth-order valence-corrected chi connectivity index (χ4v) is 3.01. The summed E-state index contributed by atoms with van der Waals surface area (Å²) < 4.78 is 6.03. The van der Waals surface area contributed by atoms with Crippen molar-refractivity contribution in [2.75, 3.05) is 13.1 Å². The number of H-pyrrole nitrogens is 1. The first-order chi connectivity index (χ1) is 11.6. The molecule has 1 aromatic heterocycles. The van der Waals surface area contributed by atoms with Gasteiger partial charge in [-0.1, -0.05) is 41.9 Å². The summed E-state index contributed by atoms with van der Waals surface area (Å²) in [7, 11) is 0. The maximum Gasteiger partial charge on any atom is 0.268 e. The molecule has 24 heavy (non-hydrogen) atoms. The number of aryl methyl sites for hydroxylation is 1. The summed E-state index contributed by atoms with van der Waals surface area (Å²) in [5.74, 6) is -0.148. The Hall–Kier alpha value is -1.82. The summed E-state index contributed by atoms with van der Waals surface area (Å²) >= 11 is 6.02. The van der Waals surface area contributed by atoms with E-state index in [9.17, 15) is 4.79 Å². The Labute approximate surface area is 146 Å². The van der Waals surface area contributed by atoms with Crippen molar-refractivity contribution in [3.63, 3.8) is 0 Å². The zero-order chi connectivity index (χ0) is 16.9. The van der Waals surface area contributed by atoms with Gasteiger partial charge in [-0.25, -0.2) is 0 Å². The van der Waals surface area contributed by atoms with E-state index in [1.807, 2.05) is 37.3 Å². The van der Waals surface area contributed by atoms with Gasteiger partial charge in [0.1, 0.15) is 5.69 Å². The minimum atomic E-state index is -0.148. The number of aromatic nitrogens is 1. The lowest BCUT2D eigenvalue weighted by atomic mass is 10.0. The highest BCUT2D eigenvalue weighted by molar-refractivity contribution is 6.31. The van der Waals surface area contributed by atoms with Crippen LogP contribution >= 0.6 is 11.6 Å². The summed E-state index contributed by atoms with van der Waals surface area (Å²) in [5.41, 5.74) is 2.40. The van der Waals surface area contributed by atoms with E-state index < -0.39 is 0 Å². The average molecular weight is 348 g/mol. The molecule has 0 unspecified atom stereocenters. The molecular weight excluding hydrogens is 326 g/mol. The Bertz CT molecular complexity index is 667. The van der Waals surface area contributed by atoms with Gasteiger partial charge in [0.2, 0.25) is 0 Å². The molecule has 2 heterocycles. The van der Waals surface area contributed by atoms with Gasteiger partial charge in [-0.3, -0.25) is 4.79 Å². The molecule has 1 amide bonds. The van der Waals surface area contributed by atoms with E-state index in [0.717, 1.165) is 30.8 Å². The third kappa shape index (κ3) is 4.17. The molecule has 2 aromatic rings. The van der Waals surface area contributed by atoms with Crippen LogP contribution in [0.2, 0.25) is 5.02 Å². The third-order valence-corrected chi connectivity index (χ3v) is 4.64. The Balaban J connectivity index is 1.60. The molecule has 1 aromatic carbocycles. The molecule has 0 saturated carbocycles. The SMILES string of the molecule is Cc1[nH]c(C(=O)N[C@@H]2CCNC[C@H]2OCc2ccccc2)cc1Cl. The molecule has 1 saturated heterocycles. The van der Waals surface area contributed by atoms with Crippen LogP contribution in [0.4, 0.5) is 0 Å². The van der Waals surface area contributed by atoms with Crippen LogP contribution in [-0.4, -0.2) is 36.1 Å². The molecule has 0 radical (unpaired) electrons. The normalized spacial score (nSPS) is 20.8. The fraction of sp³-hybridized carbons (Fsp3) is 0.389. The van der Waals surface area contributed by atoms with Crippen molar-refractivity contribution >= 4 is 17.5 Å². The minimum Gasteiger partial charge on any atom is -0.370 e. The Kier molecular flexibility index (Phi) is 5.56. The van der Waals surface area contributed by atoms with Gasteiger partial charge < -0.3 is 20.4 Å². The minimum absolute atomic E-state index is 0.0233. The third-order valence-electron chi connectivity index (χ3n) is 4.25. The molecule has 3 N–H and O–H groups in total. The molecule has 6 heteroatoms. The van der Waals surface area contributed by atoms with E-state index in [-0.39, 0.29) is 18.1 Å². The first-order valence-corrected chi connectivity index (χ1v) is 8.53. The highest BCUT2D eigenvalue weighted by Crippen LogP contribution is 2.17. The van der Waals surface area contributed by atoms with Crippen LogP contribution in [0.25, 0.3) is 0 Å². The highest BCUT2D eigenvalue weighted by atomic mass is 35.5. The van der Waals surface area contributed by atoms with Crippen molar-refractivity contribution in [1.82, 2.24) is 15.6 Å². The van der Waals surface area contributed by atoms with Crippen molar-refractivity contribution < 1.29 is 9.53 Å². The monoisotopic (exact) mass is 347 g/mol. The number of ether oxygens (including phenoxy) is 1. The summed E-state index contributed by atoms with van der Waals surface area (Å²) in [6.45, 7) is 3.96. The lowest BCUT2D eigenvalue weighted by Gasteiger charge is -2.32. The van der Waals surface area contributed by atoms with E-state index in [0.29, 0.717) is 17.3 Å². The van der Waals surface area contributed by atoms with Gasteiger partial charge in [0.15, 0.2) is 0 Å². The molecule has 2 atom stereocenters. The number of benzene rings is 1. The Morgan fingerprint density at radius 3 is 2.88 bits per heavy atom. The predicted octanol–water partition coefficient (Wildman–Crippen LogP) is 2.65. The molecule has 5 nitrogen and oxygen atoms in total. The topological polar surface area (TPSA) is 66.2 Å². The van der Waals surface area contributed by atoms with Crippen molar-refractivity contribution in [2.24, 2.45) is 0 Å². The second-order valence-corrected chi connectivity index (χ2v) is 6.47. The van der Waals surface area contributed by atoms with Crippen molar-refractivity contribution in [3.8, 4) is 0 Å². The second-order valence-electron chi connectivity index (χ2n) is 6.06. The van der Waals surface area contributed by atoms with Gasteiger partial charge in [-0.15, -0.1) is 0 Å². The second kappa shape index (κ2) is 7.83. The molecular formula is C18H22ClN3O2. The number of piperidine rings is 1. The highest BCUT2D eigenvalue weighted by Gasteiger charge is 2.28. The van der Waals surface area contributed by atoms with Crippen LogP contribution in [0.1, 0.15) is 28.2 Å². The molecule has 0 bridgehead atoms. The molecule has 0 aliphatic carbocycles. The maximum atomic E-state index is 12.4. The number of rotatable bonds is 5.